The molecule has 10 nitrogen and oxygen atoms in total. The number of aliphatic carboxylic acids is 1. The Balaban J connectivity index is 2.85. The fourth-order valence-corrected chi connectivity index (χ4v) is 3.20. The normalized spacial score (nSPS) is 16.4. The Morgan fingerprint density at radius 2 is 1.55 bits per heavy atom. The molecule has 1 aromatic carbocycles. The number of rotatable bonds is 13. The minimum Gasteiger partial charge on any atom is -0.480 e. The van der Waals surface area contributed by atoms with Crippen molar-refractivity contribution in [2.75, 3.05) is 5.75 Å². The molecular weight excluding hydrogens is 448 g/mol. The molecule has 1 aromatic rings. The van der Waals surface area contributed by atoms with E-state index in [1.165, 1.54) is 6.92 Å². The van der Waals surface area contributed by atoms with Gasteiger partial charge < -0.3 is 31.9 Å². The SMILES string of the molecule is CCC(C)C(N)C(=O)NC(C(=O)NC(CS)C(=O)NC(Cc1ccccc1)C(=O)O)C(C)O. The molecule has 1 rings (SSSR count). The Bertz CT molecular complexity index is 807. The Kier molecular flexibility index (Phi) is 11.9. The number of carbonyl (C=O) groups is 4. The van der Waals surface area contributed by atoms with Gasteiger partial charge in [0.15, 0.2) is 0 Å². The average molecular weight is 483 g/mol. The summed E-state index contributed by atoms with van der Waals surface area (Å²) in [4.78, 5) is 49.3. The van der Waals surface area contributed by atoms with Crippen molar-refractivity contribution in [2.24, 2.45) is 11.7 Å². The second kappa shape index (κ2) is 13.8. The minimum atomic E-state index is -1.36. The molecule has 0 aliphatic heterocycles. The van der Waals surface area contributed by atoms with E-state index in [0.717, 1.165) is 0 Å². The van der Waals surface area contributed by atoms with E-state index in [4.69, 9.17) is 5.73 Å². The smallest absolute Gasteiger partial charge is 0.326 e. The summed E-state index contributed by atoms with van der Waals surface area (Å²) in [7, 11) is 0. The predicted molar refractivity (Wildman–Crippen MR) is 127 cm³/mol. The molecule has 11 heteroatoms. The Hall–Kier alpha value is -2.63. The Morgan fingerprint density at radius 1 is 0.970 bits per heavy atom. The third-order valence-electron chi connectivity index (χ3n) is 5.34. The van der Waals surface area contributed by atoms with E-state index >= 15 is 0 Å². The molecule has 0 fully saturated rings. The van der Waals surface area contributed by atoms with E-state index in [2.05, 4.69) is 28.6 Å². The van der Waals surface area contributed by atoms with Crippen LogP contribution >= 0.6 is 12.6 Å². The number of amides is 3. The van der Waals surface area contributed by atoms with Crippen molar-refractivity contribution in [3.63, 3.8) is 0 Å². The van der Waals surface area contributed by atoms with E-state index in [0.29, 0.717) is 12.0 Å². The van der Waals surface area contributed by atoms with Crippen LogP contribution in [0.5, 0.6) is 0 Å². The van der Waals surface area contributed by atoms with Gasteiger partial charge in [-0.25, -0.2) is 4.79 Å². The molecule has 6 atom stereocenters. The molecule has 0 aromatic heterocycles. The van der Waals surface area contributed by atoms with Crippen molar-refractivity contribution < 1.29 is 29.4 Å². The highest BCUT2D eigenvalue weighted by atomic mass is 32.1. The summed E-state index contributed by atoms with van der Waals surface area (Å²) < 4.78 is 0. The number of aliphatic hydroxyl groups excluding tert-OH is 1. The summed E-state index contributed by atoms with van der Waals surface area (Å²) in [6.07, 6.45) is -0.573. The van der Waals surface area contributed by atoms with Gasteiger partial charge in [-0.1, -0.05) is 50.6 Å². The maximum Gasteiger partial charge on any atom is 0.326 e. The standard InChI is InChI=1S/C22H34N4O6S/c1-4-12(2)17(23)20(29)26-18(13(3)27)21(30)25-16(11-33)19(28)24-15(22(31)32)10-14-8-6-5-7-9-14/h5-9,12-13,15-18,27,33H,4,10-11,23H2,1-3H3,(H,24,28)(H,25,30)(H,26,29)(H,31,32). The second-order valence-electron chi connectivity index (χ2n) is 7.97. The van der Waals surface area contributed by atoms with Crippen LogP contribution in [-0.4, -0.2) is 69.9 Å². The average Bonchev–Trinajstić information content (AvgIpc) is 2.79. The van der Waals surface area contributed by atoms with Gasteiger partial charge in [0, 0.05) is 12.2 Å². The van der Waals surface area contributed by atoms with Crippen LogP contribution in [0, 0.1) is 5.92 Å². The zero-order valence-electron chi connectivity index (χ0n) is 19.0. The van der Waals surface area contributed by atoms with Crippen LogP contribution in [0.15, 0.2) is 30.3 Å². The molecule has 6 unspecified atom stereocenters. The van der Waals surface area contributed by atoms with E-state index in [1.807, 2.05) is 6.92 Å². The van der Waals surface area contributed by atoms with Gasteiger partial charge in [0.1, 0.15) is 18.1 Å². The number of carboxylic acid groups (broad SMARTS) is 1. The topological polar surface area (TPSA) is 171 Å². The zero-order valence-corrected chi connectivity index (χ0v) is 19.9. The van der Waals surface area contributed by atoms with Crippen molar-refractivity contribution in [1.82, 2.24) is 16.0 Å². The molecule has 3 amide bonds. The van der Waals surface area contributed by atoms with Crippen LogP contribution in [0.2, 0.25) is 0 Å². The fraction of sp³-hybridized carbons (Fsp3) is 0.545. The molecule has 184 valence electrons. The van der Waals surface area contributed by atoms with Gasteiger partial charge in [-0.2, -0.15) is 12.6 Å². The highest BCUT2D eigenvalue weighted by Crippen LogP contribution is 2.07. The monoisotopic (exact) mass is 482 g/mol. The molecule has 0 spiro atoms. The number of carboxylic acids is 1. The van der Waals surface area contributed by atoms with Crippen LogP contribution in [-0.2, 0) is 25.6 Å². The van der Waals surface area contributed by atoms with Gasteiger partial charge in [0.25, 0.3) is 0 Å². The second-order valence-corrected chi connectivity index (χ2v) is 8.34. The lowest BCUT2D eigenvalue weighted by Gasteiger charge is -2.26. The van der Waals surface area contributed by atoms with Gasteiger partial charge >= 0.3 is 5.97 Å². The quantitative estimate of drug-likeness (QED) is 0.185. The summed E-state index contributed by atoms with van der Waals surface area (Å²) in [5.74, 6) is -3.69. The fourth-order valence-electron chi connectivity index (χ4n) is 2.94. The maximum absolute atomic E-state index is 12.7. The van der Waals surface area contributed by atoms with Crippen molar-refractivity contribution >= 4 is 36.3 Å². The highest BCUT2D eigenvalue weighted by molar-refractivity contribution is 7.80. The number of hydrogen-bond donors (Lipinski definition) is 7. The lowest BCUT2D eigenvalue weighted by Crippen LogP contribution is -2.60. The van der Waals surface area contributed by atoms with E-state index < -0.39 is 54.0 Å². The number of carbonyl (C=O) groups excluding carboxylic acids is 3. The Morgan fingerprint density at radius 3 is 2.03 bits per heavy atom. The summed E-state index contributed by atoms with van der Waals surface area (Å²) in [6.45, 7) is 4.97. The summed E-state index contributed by atoms with van der Waals surface area (Å²) >= 11 is 4.07. The molecule has 7 N–H and O–H groups in total. The number of aliphatic hydroxyl groups is 1. The summed E-state index contributed by atoms with van der Waals surface area (Å²) in [5, 5.41) is 26.7. The first-order chi connectivity index (χ1) is 15.5. The van der Waals surface area contributed by atoms with Gasteiger partial charge in [0.05, 0.1) is 12.1 Å². The first-order valence-electron chi connectivity index (χ1n) is 10.7. The van der Waals surface area contributed by atoms with Crippen LogP contribution in [0.4, 0.5) is 0 Å². The molecular formula is C22H34N4O6S. The molecule has 0 heterocycles. The van der Waals surface area contributed by atoms with Crippen molar-refractivity contribution in [3.05, 3.63) is 35.9 Å². The third-order valence-corrected chi connectivity index (χ3v) is 5.70. The molecule has 33 heavy (non-hydrogen) atoms. The van der Waals surface area contributed by atoms with Crippen LogP contribution < -0.4 is 21.7 Å². The van der Waals surface area contributed by atoms with Crippen molar-refractivity contribution in [2.45, 2.75) is 63.9 Å². The third kappa shape index (κ3) is 9.03. The number of thiol groups is 1. The van der Waals surface area contributed by atoms with Crippen LogP contribution in [0.1, 0.15) is 32.8 Å². The van der Waals surface area contributed by atoms with E-state index in [9.17, 15) is 29.4 Å². The zero-order chi connectivity index (χ0) is 25.1. The lowest BCUT2D eigenvalue weighted by molar-refractivity contribution is -0.142. The number of hydrogen-bond acceptors (Lipinski definition) is 7. The lowest BCUT2D eigenvalue weighted by atomic mass is 9.98. The van der Waals surface area contributed by atoms with E-state index in [-0.39, 0.29) is 18.1 Å². The van der Waals surface area contributed by atoms with Crippen molar-refractivity contribution in [3.8, 4) is 0 Å². The number of nitrogens with one attached hydrogen (secondary N) is 3. The largest absolute Gasteiger partial charge is 0.480 e. The van der Waals surface area contributed by atoms with Gasteiger partial charge in [0.2, 0.25) is 17.7 Å². The molecule has 0 aliphatic carbocycles. The highest BCUT2D eigenvalue weighted by Gasteiger charge is 2.32. The van der Waals surface area contributed by atoms with Gasteiger partial charge in [-0.15, -0.1) is 0 Å². The molecule has 0 radical (unpaired) electrons. The first kappa shape index (κ1) is 28.4. The predicted octanol–water partition coefficient (Wildman–Crippen LogP) is -0.548. The summed E-state index contributed by atoms with van der Waals surface area (Å²) in [5.41, 5.74) is 6.60. The molecule has 0 bridgehead atoms. The number of benzene rings is 1. The molecule has 0 saturated carbocycles. The van der Waals surface area contributed by atoms with Crippen molar-refractivity contribution in [1.29, 1.82) is 0 Å². The maximum atomic E-state index is 12.7. The van der Waals surface area contributed by atoms with Crippen LogP contribution in [0.3, 0.4) is 0 Å². The number of nitrogens with two attached hydrogens (primary N) is 1. The first-order valence-corrected chi connectivity index (χ1v) is 11.4. The van der Waals surface area contributed by atoms with Gasteiger partial charge in [-0.3, -0.25) is 14.4 Å². The minimum absolute atomic E-state index is 0.0506. The van der Waals surface area contributed by atoms with Crippen LogP contribution in [0.25, 0.3) is 0 Å². The molecule has 0 aliphatic rings. The van der Waals surface area contributed by atoms with Gasteiger partial charge in [-0.05, 0) is 18.4 Å². The Labute approximate surface area is 199 Å². The summed E-state index contributed by atoms with van der Waals surface area (Å²) in [6, 6.07) is 4.12. The molecule has 0 saturated heterocycles. The van der Waals surface area contributed by atoms with E-state index in [1.54, 1.807) is 37.3 Å².